The summed E-state index contributed by atoms with van der Waals surface area (Å²) in [6.07, 6.45) is 0. The highest BCUT2D eigenvalue weighted by atomic mass is 79.9. The van der Waals surface area contributed by atoms with Gasteiger partial charge in [0.15, 0.2) is 0 Å². The standard InChI is InChI=1S/C14H10Br3NO2S/c1-20-12-6-11(9(16)5-10(12)17)18-14(19)8-3-2-7(15)4-13(8)21/h2-6,21H,1H3,(H,18,19). The van der Waals surface area contributed by atoms with E-state index in [0.717, 1.165) is 13.4 Å². The summed E-state index contributed by atoms with van der Waals surface area (Å²) in [7, 11) is 1.57. The zero-order valence-corrected chi connectivity index (χ0v) is 16.4. The van der Waals surface area contributed by atoms with Crippen molar-refractivity contribution >= 4 is 72.0 Å². The molecule has 0 aliphatic heterocycles. The fourth-order valence-electron chi connectivity index (χ4n) is 1.67. The summed E-state index contributed by atoms with van der Waals surface area (Å²) in [6, 6.07) is 8.84. The molecule has 110 valence electrons. The molecule has 2 aromatic carbocycles. The highest BCUT2D eigenvalue weighted by Gasteiger charge is 2.13. The van der Waals surface area contributed by atoms with Gasteiger partial charge < -0.3 is 10.1 Å². The van der Waals surface area contributed by atoms with Crippen molar-refractivity contribution in [2.45, 2.75) is 4.90 Å². The van der Waals surface area contributed by atoms with Crippen LogP contribution < -0.4 is 10.1 Å². The molecule has 0 spiro atoms. The monoisotopic (exact) mass is 493 g/mol. The van der Waals surface area contributed by atoms with Crippen LogP contribution in [0, 0.1) is 0 Å². The Kier molecular flexibility index (Phi) is 5.76. The molecule has 0 unspecified atom stereocenters. The zero-order chi connectivity index (χ0) is 15.6. The Balaban J connectivity index is 2.31. The fraction of sp³-hybridized carbons (Fsp3) is 0.0714. The molecule has 2 aromatic rings. The van der Waals surface area contributed by atoms with E-state index in [2.05, 4.69) is 65.7 Å². The molecule has 0 bridgehead atoms. The second-order valence-electron chi connectivity index (χ2n) is 4.08. The fourth-order valence-corrected chi connectivity index (χ4v) is 3.78. The van der Waals surface area contributed by atoms with E-state index >= 15 is 0 Å². The maximum absolute atomic E-state index is 12.3. The molecule has 0 saturated heterocycles. The lowest BCUT2D eigenvalue weighted by Crippen LogP contribution is -2.13. The van der Waals surface area contributed by atoms with E-state index in [9.17, 15) is 4.79 Å². The van der Waals surface area contributed by atoms with Crippen molar-refractivity contribution in [3.63, 3.8) is 0 Å². The van der Waals surface area contributed by atoms with Crippen LogP contribution in [0.3, 0.4) is 0 Å². The number of benzene rings is 2. The number of methoxy groups -OCH3 is 1. The maximum atomic E-state index is 12.3. The largest absolute Gasteiger partial charge is 0.495 e. The van der Waals surface area contributed by atoms with Crippen molar-refractivity contribution < 1.29 is 9.53 Å². The molecule has 0 aliphatic carbocycles. The van der Waals surface area contributed by atoms with Crippen LogP contribution in [0.4, 0.5) is 5.69 Å². The second kappa shape index (κ2) is 7.17. The van der Waals surface area contributed by atoms with E-state index in [0.29, 0.717) is 21.9 Å². The summed E-state index contributed by atoms with van der Waals surface area (Å²) in [5.41, 5.74) is 1.12. The Morgan fingerprint density at radius 3 is 2.48 bits per heavy atom. The molecule has 0 radical (unpaired) electrons. The first kappa shape index (κ1) is 16.9. The Bertz CT molecular complexity index is 707. The van der Waals surface area contributed by atoms with Gasteiger partial charge in [-0.1, -0.05) is 15.9 Å². The molecule has 0 aromatic heterocycles. The van der Waals surface area contributed by atoms with Gasteiger partial charge in [0.25, 0.3) is 5.91 Å². The van der Waals surface area contributed by atoms with Crippen LogP contribution in [-0.2, 0) is 0 Å². The van der Waals surface area contributed by atoms with Gasteiger partial charge in [0.2, 0.25) is 0 Å². The predicted octanol–water partition coefficient (Wildman–Crippen LogP) is 5.52. The van der Waals surface area contributed by atoms with Gasteiger partial charge in [0, 0.05) is 19.9 Å². The first-order valence-corrected chi connectivity index (χ1v) is 8.58. The van der Waals surface area contributed by atoms with Crippen molar-refractivity contribution in [2.24, 2.45) is 0 Å². The van der Waals surface area contributed by atoms with Crippen molar-refractivity contribution in [1.29, 1.82) is 0 Å². The quantitative estimate of drug-likeness (QED) is 0.550. The maximum Gasteiger partial charge on any atom is 0.256 e. The van der Waals surface area contributed by atoms with Gasteiger partial charge >= 0.3 is 0 Å². The van der Waals surface area contributed by atoms with Crippen LogP contribution in [-0.4, -0.2) is 13.0 Å². The minimum Gasteiger partial charge on any atom is -0.495 e. The normalized spacial score (nSPS) is 10.3. The van der Waals surface area contributed by atoms with Crippen molar-refractivity contribution in [1.82, 2.24) is 0 Å². The number of hydrogen-bond acceptors (Lipinski definition) is 3. The summed E-state index contributed by atoms with van der Waals surface area (Å²) >= 11 is 14.5. The average Bonchev–Trinajstić information content (AvgIpc) is 2.41. The minimum absolute atomic E-state index is 0.238. The molecule has 7 heteroatoms. The number of thiol groups is 1. The molecule has 0 aliphatic rings. The molecule has 21 heavy (non-hydrogen) atoms. The number of carbonyl (C=O) groups excluding carboxylic acids is 1. The number of halogens is 3. The van der Waals surface area contributed by atoms with Gasteiger partial charge in [-0.3, -0.25) is 4.79 Å². The van der Waals surface area contributed by atoms with Crippen molar-refractivity contribution in [2.75, 3.05) is 12.4 Å². The molecule has 2 rings (SSSR count). The molecule has 1 N–H and O–H groups in total. The molecule has 0 fully saturated rings. The van der Waals surface area contributed by atoms with E-state index < -0.39 is 0 Å². The van der Waals surface area contributed by atoms with E-state index in [1.165, 1.54) is 0 Å². The van der Waals surface area contributed by atoms with Crippen molar-refractivity contribution in [3.05, 3.63) is 49.3 Å². The first-order chi connectivity index (χ1) is 9.92. The van der Waals surface area contributed by atoms with Gasteiger partial charge in [0.1, 0.15) is 5.75 Å². The van der Waals surface area contributed by atoms with Crippen molar-refractivity contribution in [3.8, 4) is 5.75 Å². The third-order valence-electron chi connectivity index (χ3n) is 2.69. The summed E-state index contributed by atoms with van der Waals surface area (Å²) in [6.45, 7) is 0. The van der Waals surface area contributed by atoms with Crippen LogP contribution in [0.25, 0.3) is 0 Å². The molecular weight excluding hydrogens is 486 g/mol. The van der Waals surface area contributed by atoms with Gasteiger partial charge in [-0.05, 0) is 56.1 Å². The Labute approximate surface area is 153 Å². The number of nitrogens with one attached hydrogen (secondary N) is 1. The number of carbonyl (C=O) groups is 1. The van der Waals surface area contributed by atoms with Crippen LogP contribution in [0.1, 0.15) is 10.4 Å². The highest BCUT2D eigenvalue weighted by molar-refractivity contribution is 9.11. The summed E-state index contributed by atoms with van der Waals surface area (Å²) in [4.78, 5) is 12.9. The Hall–Kier alpha value is -0.500. The molecular formula is C14H10Br3NO2S. The minimum atomic E-state index is -0.238. The van der Waals surface area contributed by atoms with Crippen LogP contribution in [0.2, 0.25) is 0 Å². The van der Waals surface area contributed by atoms with E-state index in [4.69, 9.17) is 4.74 Å². The summed E-state index contributed by atoms with van der Waals surface area (Å²) < 4.78 is 7.65. The second-order valence-corrected chi connectivity index (χ2v) is 7.19. The number of amides is 1. The number of hydrogen-bond donors (Lipinski definition) is 2. The SMILES string of the molecule is COc1cc(NC(=O)c2ccc(Br)cc2S)c(Br)cc1Br. The third-order valence-corrected chi connectivity index (χ3v) is 4.83. The van der Waals surface area contributed by atoms with Gasteiger partial charge in [-0.2, -0.15) is 0 Å². The molecule has 3 nitrogen and oxygen atoms in total. The van der Waals surface area contributed by atoms with Gasteiger partial charge in [-0.15, -0.1) is 12.6 Å². The van der Waals surface area contributed by atoms with Gasteiger partial charge in [-0.25, -0.2) is 0 Å². The van der Waals surface area contributed by atoms with E-state index in [-0.39, 0.29) is 5.91 Å². The lowest BCUT2D eigenvalue weighted by atomic mass is 10.2. The Morgan fingerprint density at radius 1 is 1.14 bits per heavy atom. The zero-order valence-electron chi connectivity index (χ0n) is 10.8. The van der Waals surface area contributed by atoms with E-state index in [1.54, 1.807) is 31.4 Å². The number of anilines is 1. The average molecular weight is 496 g/mol. The molecule has 0 saturated carbocycles. The highest BCUT2D eigenvalue weighted by Crippen LogP contribution is 2.35. The van der Waals surface area contributed by atoms with Crippen LogP contribution >= 0.6 is 60.4 Å². The van der Waals surface area contributed by atoms with Gasteiger partial charge in [0.05, 0.1) is 22.8 Å². The first-order valence-electron chi connectivity index (χ1n) is 5.75. The summed E-state index contributed by atoms with van der Waals surface area (Å²) in [5.74, 6) is 0.396. The third kappa shape index (κ3) is 4.03. The molecule has 0 heterocycles. The van der Waals surface area contributed by atoms with Crippen LogP contribution in [0.5, 0.6) is 5.75 Å². The predicted molar refractivity (Wildman–Crippen MR) is 97.7 cm³/mol. The molecule has 0 atom stereocenters. The Morgan fingerprint density at radius 2 is 1.86 bits per heavy atom. The lowest BCUT2D eigenvalue weighted by Gasteiger charge is -2.12. The number of rotatable bonds is 3. The molecule has 1 amide bonds. The smallest absolute Gasteiger partial charge is 0.256 e. The lowest BCUT2D eigenvalue weighted by molar-refractivity contribution is 0.102. The number of ether oxygens (including phenoxy) is 1. The summed E-state index contributed by atoms with van der Waals surface area (Å²) in [5, 5.41) is 2.84. The van der Waals surface area contributed by atoms with E-state index in [1.807, 2.05) is 6.07 Å². The van der Waals surface area contributed by atoms with Crippen LogP contribution in [0.15, 0.2) is 48.6 Å². The topological polar surface area (TPSA) is 38.3 Å².